The van der Waals surface area contributed by atoms with Crippen molar-refractivity contribution in [3.8, 4) is 0 Å². The second-order valence-electron chi connectivity index (χ2n) is 4.88. The predicted molar refractivity (Wildman–Crippen MR) is 71.5 cm³/mol. The van der Waals surface area contributed by atoms with Crippen molar-refractivity contribution in [1.29, 1.82) is 0 Å². The molecular formula is C13H18BrFN2. The second kappa shape index (κ2) is 5.46. The highest BCUT2D eigenvalue weighted by Gasteiger charge is 2.24. The third-order valence-corrected chi connectivity index (χ3v) is 4.13. The molecule has 2 nitrogen and oxygen atoms in total. The van der Waals surface area contributed by atoms with Gasteiger partial charge in [0.1, 0.15) is 5.82 Å². The molecule has 1 unspecified atom stereocenters. The summed E-state index contributed by atoms with van der Waals surface area (Å²) in [7, 11) is 4.25. The lowest BCUT2D eigenvalue weighted by Crippen LogP contribution is -2.31. The third kappa shape index (κ3) is 3.27. The van der Waals surface area contributed by atoms with Crippen molar-refractivity contribution >= 4 is 15.9 Å². The highest BCUT2D eigenvalue weighted by atomic mass is 79.9. The van der Waals surface area contributed by atoms with Crippen LogP contribution in [0.4, 0.5) is 4.39 Å². The maximum absolute atomic E-state index is 13.0. The van der Waals surface area contributed by atoms with Crippen LogP contribution in [-0.2, 0) is 6.54 Å². The van der Waals surface area contributed by atoms with Gasteiger partial charge in [0.25, 0.3) is 0 Å². The molecule has 0 aliphatic carbocycles. The molecule has 0 amide bonds. The Hall–Kier alpha value is -0.450. The molecule has 1 aromatic rings. The topological polar surface area (TPSA) is 6.48 Å². The number of hydrogen-bond donors (Lipinski definition) is 0. The van der Waals surface area contributed by atoms with Crippen molar-refractivity contribution in [3.63, 3.8) is 0 Å². The first-order chi connectivity index (χ1) is 8.06. The Morgan fingerprint density at radius 1 is 1.47 bits per heavy atom. The minimum atomic E-state index is -0.187. The van der Waals surface area contributed by atoms with Crippen LogP contribution in [0.25, 0.3) is 0 Å². The molecule has 2 rings (SSSR count). The zero-order chi connectivity index (χ0) is 12.4. The van der Waals surface area contributed by atoms with Gasteiger partial charge in [0.05, 0.1) is 0 Å². The Bertz CT molecular complexity index is 395. The summed E-state index contributed by atoms with van der Waals surface area (Å²) in [5.41, 5.74) is 1.16. The van der Waals surface area contributed by atoms with Gasteiger partial charge in [-0.1, -0.05) is 22.0 Å². The SMILES string of the molecule is CN(C)C1CCN(Cc2ccc(F)cc2Br)C1. The minimum absolute atomic E-state index is 0.187. The van der Waals surface area contributed by atoms with Gasteiger partial charge in [-0.2, -0.15) is 0 Å². The summed E-state index contributed by atoms with van der Waals surface area (Å²) < 4.78 is 13.8. The quantitative estimate of drug-likeness (QED) is 0.847. The molecular weight excluding hydrogens is 283 g/mol. The lowest BCUT2D eigenvalue weighted by Gasteiger charge is -2.20. The molecule has 17 heavy (non-hydrogen) atoms. The van der Waals surface area contributed by atoms with Crippen LogP contribution in [0.3, 0.4) is 0 Å². The first-order valence-corrected chi connectivity index (χ1v) is 6.68. The highest BCUT2D eigenvalue weighted by Crippen LogP contribution is 2.22. The van der Waals surface area contributed by atoms with E-state index in [1.807, 2.05) is 6.07 Å². The van der Waals surface area contributed by atoms with E-state index in [1.54, 1.807) is 0 Å². The summed E-state index contributed by atoms with van der Waals surface area (Å²) in [4.78, 5) is 4.70. The first-order valence-electron chi connectivity index (χ1n) is 5.89. The summed E-state index contributed by atoms with van der Waals surface area (Å²) in [6.45, 7) is 3.11. The number of likely N-dealkylation sites (tertiary alicyclic amines) is 1. The fraction of sp³-hybridized carbons (Fsp3) is 0.538. The van der Waals surface area contributed by atoms with Gasteiger partial charge in [-0.15, -0.1) is 0 Å². The average molecular weight is 301 g/mol. The van der Waals surface area contributed by atoms with Crippen molar-refractivity contribution in [2.24, 2.45) is 0 Å². The maximum Gasteiger partial charge on any atom is 0.124 e. The van der Waals surface area contributed by atoms with E-state index in [4.69, 9.17) is 0 Å². The molecule has 0 aromatic heterocycles. The van der Waals surface area contributed by atoms with E-state index in [2.05, 4.69) is 39.8 Å². The number of hydrogen-bond acceptors (Lipinski definition) is 2. The lowest BCUT2D eigenvalue weighted by atomic mass is 10.2. The van der Waals surface area contributed by atoms with Crippen LogP contribution in [0.1, 0.15) is 12.0 Å². The van der Waals surface area contributed by atoms with Gasteiger partial charge in [-0.3, -0.25) is 4.90 Å². The van der Waals surface area contributed by atoms with Gasteiger partial charge in [-0.05, 0) is 38.2 Å². The molecule has 1 heterocycles. The maximum atomic E-state index is 13.0. The van der Waals surface area contributed by atoms with Gasteiger partial charge in [-0.25, -0.2) is 4.39 Å². The molecule has 94 valence electrons. The molecule has 1 aliphatic rings. The summed E-state index contributed by atoms with van der Waals surface area (Å²) >= 11 is 3.42. The summed E-state index contributed by atoms with van der Waals surface area (Å²) in [5.74, 6) is -0.187. The van der Waals surface area contributed by atoms with Crippen LogP contribution >= 0.6 is 15.9 Å². The normalized spacial score (nSPS) is 21.4. The van der Waals surface area contributed by atoms with E-state index in [-0.39, 0.29) is 5.82 Å². The van der Waals surface area contributed by atoms with E-state index < -0.39 is 0 Å². The van der Waals surface area contributed by atoms with Gasteiger partial charge >= 0.3 is 0 Å². The average Bonchev–Trinajstić information content (AvgIpc) is 2.71. The molecule has 1 atom stereocenters. The van der Waals surface area contributed by atoms with Gasteiger partial charge in [0.15, 0.2) is 0 Å². The molecule has 1 fully saturated rings. The van der Waals surface area contributed by atoms with Crippen LogP contribution < -0.4 is 0 Å². The predicted octanol–water partition coefficient (Wildman–Crippen LogP) is 2.72. The number of rotatable bonds is 3. The number of benzene rings is 1. The lowest BCUT2D eigenvalue weighted by molar-refractivity contribution is 0.264. The smallest absolute Gasteiger partial charge is 0.124 e. The van der Waals surface area contributed by atoms with E-state index in [9.17, 15) is 4.39 Å². The molecule has 0 saturated carbocycles. The molecule has 1 aliphatic heterocycles. The van der Waals surface area contributed by atoms with Crippen LogP contribution in [0, 0.1) is 5.82 Å². The Balaban J connectivity index is 1.98. The van der Waals surface area contributed by atoms with Crippen molar-refractivity contribution in [1.82, 2.24) is 9.80 Å². The fourth-order valence-electron chi connectivity index (χ4n) is 2.27. The van der Waals surface area contributed by atoms with E-state index in [0.717, 1.165) is 29.7 Å². The molecule has 1 aromatic carbocycles. The standard InChI is InChI=1S/C13H18BrFN2/c1-16(2)12-5-6-17(9-12)8-10-3-4-11(15)7-13(10)14/h3-4,7,12H,5-6,8-9H2,1-2H3. The number of likely N-dealkylation sites (N-methyl/N-ethyl adjacent to an activating group) is 1. The zero-order valence-electron chi connectivity index (χ0n) is 10.3. The minimum Gasteiger partial charge on any atom is -0.305 e. The van der Waals surface area contributed by atoms with E-state index >= 15 is 0 Å². The largest absolute Gasteiger partial charge is 0.305 e. The van der Waals surface area contributed by atoms with Crippen molar-refractivity contribution in [2.75, 3.05) is 27.2 Å². The summed E-state index contributed by atoms with van der Waals surface area (Å²) in [6, 6.07) is 5.57. The van der Waals surface area contributed by atoms with E-state index in [1.165, 1.54) is 18.6 Å². The second-order valence-corrected chi connectivity index (χ2v) is 5.73. The number of nitrogens with zero attached hydrogens (tertiary/aromatic N) is 2. The van der Waals surface area contributed by atoms with Crippen LogP contribution in [0.2, 0.25) is 0 Å². The Morgan fingerprint density at radius 2 is 2.24 bits per heavy atom. The Labute approximate surface area is 111 Å². The molecule has 0 N–H and O–H groups in total. The van der Waals surface area contributed by atoms with Crippen molar-refractivity contribution in [3.05, 3.63) is 34.1 Å². The molecule has 4 heteroatoms. The molecule has 0 bridgehead atoms. The van der Waals surface area contributed by atoms with Crippen LogP contribution in [0.5, 0.6) is 0 Å². The first kappa shape index (κ1) is 13.0. The summed E-state index contributed by atoms with van der Waals surface area (Å²) in [5, 5.41) is 0. The van der Waals surface area contributed by atoms with E-state index in [0.29, 0.717) is 6.04 Å². The van der Waals surface area contributed by atoms with Gasteiger partial charge < -0.3 is 4.90 Å². The highest BCUT2D eigenvalue weighted by molar-refractivity contribution is 9.10. The zero-order valence-corrected chi connectivity index (χ0v) is 11.9. The number of halogens is 2. The van der Waals surface area contributed by atoms with Gasteiger partial charge in [0, 0.05) is 30.1 Å². The van der Waals surface area contributed by atoms with Crippen LogP contribution in [0.15, 0.2) is 22.7 Å². The molecule has 1 saturated heterocycles. The van der Waals surface area contributed by atoms with Crippen LogP contribution in [-0.4, -0.2) is 43.0 Å². The van der Waals surface area contributed by atoms with Crippen molar-refractivity contribution < 1.29 is 4.39 Å². The van der Waals surface area contributed by atoms with Gasteiger partial charge in [0.2, 0.25) is 0 Å². The molecule has 0 radical (unpaired) electrons. The Morgan fingerprint density at radius 3 is 2.82 bits per heavy atom. The Kier molecular flexibility index (Phi) is 4.17. The van der Waals surface area contributed by atoms with Crippen molar-refractivity contribution in [2.45, 2.75) is 19.0 Å². The molecule has 0 spiro atoms. The monoisotopic (exact) mass is 300 g/mol. The third-order valence-electron chi connectivity index (χ3n) is 3.39. The summed E-state index contributed by atoms with van der Waals surface area (Å²) in [6.07, 6.45) is 1.21. The fourth-order valence-corrected chi connectivity index (χ4v) is 2.74.